The molecule has 2 atom stereocenters. The van der Waals surface area contributed by atoms with Gasteiger partial charge in [-0.25, -0.2) is 0 Å². The summed E-state index contributed by atoms with van der Waals surface area (Å²) in [6.45, 7) is 19.5. The lowest BCUT2D eigenvalue weighted by Gasteiger charge is -2.33. The fourth-order valence-corrected chi connectivity index (χ4v) is 3.07. The second kappa shape index (κ2) is 7.45. The van der Waals surface area contributed by atoms with Crippen LogP contribution in [-0.2, 0) is 0 Å². The molecule has 0 radical (unpaired) electrons. The first-order chi connectivity index (χ1) is 9.66. The molecule has 1 aromatic carbocycles. The van der Waals surface area contributed by atoms with Crippen molar-refractivity contribution in [1.82, 2.24) is 5.32 Å². The van der Waals surface area contributed by atoms with Crippen LogP contribution in [0, 0.1) is 32.1 Å². The molecule has 0 saturated carbocycles. The molecule has 21 heavy (non-hydrogen) atoms. The van der Waals surface area contributed by atoms with E-state index in [2.05, 4.69) is 72.8 Å². The van der Waals surface area contributed by atoms with Crippen LogP contribution in [0.15, 0.2) is 12.1 Å². The maximum Gasteiger partial charge on any atom is 0.0328 e. The molecule has 0 aliphatic carbocycles. The SMILES string of the molecule is CCCNC(CC(C)C(C)(C)C)c1c(C)cc(C)cc1C. The van der Waals surface area contributed by atoms with Crippen LogP contribution >= 0.6 is 0 Å². The van der Waals surface area contributed by atoms with E-state index in [0.29, 0.717) is 17.4 Å². The molecule has 1 heteroatoms. The molecule has 0 heterocycles. The van der Waals surface area contributed by atoms with Crippen LogP contribution in [0.25, 0.3) is 0 Å². The Morgan fingerprint density at radius 1 is 1.05 bits per heavy atom. The van der Waals surface area contributed by atoms with Crippen LogP contribution in [0.3, 0.4) is 0 Å². The lowest BCUT2D eigenvalue weighted by atomic mass is 9.76. The van der Waals surface area contributed by atoms with Gasteiger partial charge in [0.1, 0.15) is 0 Å². The van der Waals surface area contributed by atoms with Gasteiger partial charge < -0.3 is 5.32 Å². The van der Waals surface area contributed by atoms with E-state index in [9.17, 15) is 0 Å². The molecule has 2 unspecified atom stereocenters. The van der Waals surface area contributed by atoms with Crippen molar-refractivity contribution in [1.29, 1.82) is 0 Å². The van der Waals surface area contributed by atoms with Crippen LogP contribution in [0.1, 0.15) is 75.8 Å². The Labute approximate surface area is 132 Å². The first-order valence-corrected chi connectivity index (χ1v) is 8.48. The smallest absolute Gasteiger partial charge is 0.0328 e. The summed E-state index contributed by atoms with van der Waals surface area (Å²) in [4.78, 5) is 0. The average molecular weight is 290 g/mol. The number of nitrogens with one attached hydrogen (secondary N) is 1. The van der Waals surface area contributed by atoms with Crippen molar-refractivity contribution in [2.75, 3.05) is 6.54 Å². The van der Waals surface area contributed by atoms with Gasteiger partial charge in [0, 0.05) is 6.04 Å². The summed E-state index contributed by atoms with van der Waals surface area (Å²) < 4.78 is 0. The third kappa shape index (κ3) is 5.14. The van der Waals surface area contributed by atoms with Crippen molar-refractivity contribution in [3.63, 3.8) is 0 Å². The van der Waals surface area contributed by atoms with Gasteiger partial charge in [0.2, 0.25) is 0 Å². The Kier molecular flexibility index (Phi) is 6.46. The molecule has 0 aliphatic heterocycles. The van der Waals surface area contributed by atoms with Gasteiger partial charge in [-0.05, 0) is 68.2 Å². The fraction of sp³-hybridized carbons (Fsp3) is 0.700. The highest BCUT2D eigenvalue weighted by molar-refractivity contribution is 5.39. The lowest BCUT2D eigenvalue weighted by Crippen LogP contribution is -2.29. The van der Waals surface area contributed by atoms with Crippen molar-refractivity contribution in [2.45, 2.75) is 74.3 Å². The topological polar surface area (TPSA) is 12.0 Å². The highest BCUT2D eigenvalue weighted by Crippen LogP contribution is 2.35. The zero-order valence-electron chi connectivity index (χ0n) is 15.4. The van der Waals surface area contributed by atoms with Crippen LogP contribution in [0.5, 0.6) is 0 Å². The van der Waals surface area contributed by atoms with E-state index < -0.39 is 0 Å². The molecule has 0 aliphatic rings. The second-order valence-electron chi connectivity index (χ2n) is 7.82. The predicted molar refractivity (Wildman–Crippen MR) is 94.9 cm³/mol. The maximum atomic E-state index is 3.79. The van der Waals surface area contributed by atoms with Crippen molar-refractivity contribution in [3.8, 4) is 0 Å². The summed E-state index contributed by atoms with van der Waals surface area (Å²) in [5.41, 5.74) is 6.11. The standard InChI is InChI=1S/C20H35N/c1-9-10-21-18(13-17(5)20(6,7)8)19-15(3)11-14(2)12-16(19)4/h11-12,17-18,21H,9-10,13H2,1-8H3. The van der Waals surface area contributed by atoms with Gasteiger partial charge in [-0.3, -0.25) is 0 Å². The molecule has 1 N–H and O–H groups in total. The molecule has 0 amide bonds. The highest BCUT2D eigenvalue weighted by Gasteiger charge is 2.25. The molecule has 0 spiro atoms. The molecule has 0 bridgehead atoms. The Morgan fingerprint density at radius 3 is 2.00 bits per heavy atom. The van der Waals surface area contributed by atoms with Crippen LogP contribution < -0.4 is 5.32 Å². The Morgan fingerprint density at radius 2 is 1.57 bits per heavy atom. The minimum atomic E-state index is 0.360. The molecule has 0 fully saturated rings. The van der Waals surface area contributed by atoms with Gasteiger partial charge in [0.05, 0.1) is 0 Å². The van der Waals surface area contributed by atoms with E-state index in [4.69, 9.17) is 0 Å². The summed E-state index contributed by atoms with van der Waals surface area (Å²) in [7, 11) is 0. The Balaban J connectivity index is 3.08. The molecular weight excluding hydrogens is 254 g/mol. The molecule has 120 valence electrons. The molecule has 0 saturated heterocycles. The number of hydrogen-bond donors (Lipinski definition) is 1. The number of aryl methyl sites for hydroxylation is 3. The Hall–Kier alpha value is -0.820. The first-order valence-electron chi connectivity index (χ1n) is 8.48. The molecule has 0 aromatic heterocycles. The van der Waals surface area contributed by atoms with Gasteiger partial charge in [0.15, 0.2) is 0 Å². The molecule has 1 aromatic rings. The van der Waals surface area contributed by atoms with Gasteiger partial charge in [0.25, 0.3) is 0 Å². The number of rotatable bonds is 6. The zero-order chi connectivity index (χ0) is 16.2. The summed E-state index contributed by atoms with van der Waals surface area (Å²) in [6, 6.07) is 5.12. The first kappa shape index (κ1) is 18.2. The summed E-state index contributed by atoms with van der Waals surface area (Å²) in [5.74, 6) is 0.687. The van der Waals surface area contributed by atoms with E-state index in [1.54, 1.807) is 0 Å². The van der Waals surface area contributed by atoms with Crippen molar-refractivity contribution in [3.05, 3.63) is 34.4 Å². The number of hydrogen-bond acceptors (Lipinski definition) is 1. The van der Waals surface area contributed by atoms with Crippen LogP contribution in [0.2, 0.25) is 0 Å². The van der Waals surface area contributed by atoms with E-state index in [1.807, 2.05) is 0 Å². The molecular formula is C20H35N. The third-order valence-corrected chi connectivity index (χ3v) is 4.79. The maximum absolute atomic E-state index is 3.79. The predicted octanol–water partition coefficient (Wildman–Crippen LogP) is 5.72. The minimum absolute atomic E-state index is 0.360. The third-order valence-electron chi connectivity index (χ3n) is 4.79. The summed E-state index contributed by atoms with van der Waals surface area (Å²) >= 11 is 0. The normalized spacial score (nSPS) is 15.0. The van der Waals surface area contributed by atoms with E-state index in [-0.39, 0.29) is 0 Å². The zero-order valence-corrected chi connectivity index (χ0v) is 15.4. The minimum Gasteiger partial charge on any atom is -0.310 e. The summed E-state index contributed by atoms with van der Waals surface area (Å²) in [5, 5.41) is 3.79. The monoisotopic (exact) mass is 289 g/mol. The van der Waals surface area contributed by atoms with Crippen molar-refractivity contribution >= 4 is 0 Å². The Bertz CT molecular complexity index is 430. The van der Waals surface area contributed by atoms with Crippen LogP contribution in [-0.4, -0.2) is 6.54 Å². The van der Waals surface area contributed by atoms with Gasteiger partial charge in [-0.2, -0.15) is 0 Å². The fourth-order valence-electron chi connectivity index (χ4n) is 3.07. The highest BCUT2D eigenvalue weighted by atomic mass is 14.9. The van der Waals surface area contributed by atoms with Gasteiger partial charge in [-0.1, -0.05) is 52.3 Å². The van der Waals surface area contributed by atoms with E-state index in [1.165, 1.54) is 35.1 Å². The second-order valence-corrected chi connectivity index (χ2v) is 7.82. The lowest BCUT2D eigenvalue weighted by molar-refractivity contribution is 0.223. The largest absolute Gasteiger partial charge is 0.310 e. The van der Waals surface area contributed by atoms with Crippen molar-refractivity contribution in [2.24, 2.45) is 11.3 Å². The molecule has 1 nitrogen and oxygen atoms in total. The van der Waals surface area contributed by atoms with Crippen LogP contribution in [0.4, 0.5) is 0 Å². The summed E-state index contributed by atoms with van der Waals surface area (Å²) in [6.07, 6.45) is 2.39. The van der Waals surface area contributed by atoms with Gasteiger partial charge >= 0.3 is 0 Å². The van der Waals surface area contributed by atoms with E-state index >= 15 is 0 Å². The van der Waals surface area contributed by atoms with Gasteiger partial charge in [-0.15, -0.1) is 0 Å². The van der Waals surface area contributed by atoms with E-state index in [0.717, 1.165) is 6.54 Å². The number of benzene rings is 1. The quantitative estimate of drug-likeness (QED) is 0.705. The van der Waals surface area contributed by atoms with Crippen molar-refractivity contribution < 1.29 is 0 Å². The molecule has 1 rings (SSSR count). The average Bonchev–Trinajstić information content (AvgIpc) is 2.32.